The lowest BCUT2D eigenvalue weighted by Crippen LogP contribution is -2.49. The summed E-state index contributed by atoms with van der Waals surface area (Å²) in [6, 6.07) is 0.133. The van der Waals surface area contributed by atoms with Gasteiger partial charge in [0.25, 0.3) is 0 Å². The first-order valence-electron chi connectivity index (χ1n) is 7.27. The standard InChI is InChI=1S/C14H28N2O2/c1-4-6-7-13(14(17)18)15(3)12-8-10-16(5-2)11-9-12/h12-13H,4-11H2,1-3H3,(H,17,18). The fraction of sp³-hybridized carbons (Fsp3) is 0.929. The molecule has 1 N–H and O–H groups in total. The zero-order chi connectivity index (χ0) is 13.5. The topological polar surface area (TPSA) is 43.8 Å². The van der Waals surface area contributed by atoms with Gasteiger partial charge in [0.15, 0.2) is 0 Å². The molecule has 1 heterocycles. The number of rotatable bonds is 7. The predicted octanol–water partition coefficient (Wildman–Crippen LogP) is 2.05. The Morgan fingerprint density at radius 3 is 2.44 bits per heavy atom. The van der Waals surface area contributed by atoms with Crippen LogP contribution in [0.25, 0.3) is 0 Å². The van der Waals surface area contributed by atoms with E-state index in [1.165, 1.54) is 0 Å². The van der Waals surface area contributed by atoms with Gasteiger partial charge in [0, 0.05) is 6.04 Å². The Balaban J connectivity index is 2.50. The highest BCUT2D eigenvalue weighted by atomic mass is 16.4. The molecule has 1 rings (SSSR count). The molecule has 1 saturated heterocycles. The lowest BCUT2D eigenvalue weighted by Gasteiger charge is -2.38. The van der Waals surface area contributed by atoms with Gasteiger partial charge in [-0.15, -0.1) is 0 Å². The Bertz CT molecular complexity index is 250. The SMILES string of the molecule is CCCCC(C(=O)O)N(C)C1CCN(CC)CC1. The Labute approximate surface area is 111 Å². The van der Waals surface area contributed by atoms with Crippen molar-refractivity contribution in [2.45, 2.75) is 58.0 Å². The molecular weight excluding hydrogens is 228 g/mol. The second kappa shape index (κ2) is 7.74. The van der Waals surface area contributed by atoms with E-state index < -0.39 is 5.97 Å². The van der Waals surface area contributed by atoms with E-state index in [1.54, 1.807) is 0 Å². The average molecular weight is 256 g/mol. The van der Waals surface area contributed by atoms with Crippen LogP contribution in [0, 0.1) is 0 Å². The number of nitrogens with zero attached hydrogens (tertiary/aromatic N) is 2. The molecule has 0 saturated carbocycles. The summed E-state index contributed by atoms with van der Waals surface area (Å²) >= 11 is 0. The largest absolute Gasteiger partial charge is 0.480 e. The fourth-order valence-electron chi connectivity index (χ4n) is 2.80. The van der Waals surface area contributed by atoms with Crippen LogP contribution in [0.4, 0.5) is 0 Å². The molecular formula is C14H28N2O2. The lowest BCUT2D eigenvalue weighted by atomic mass is 10.00. The Morgan fingerprint density at radius 2 is 2.00 bits per heavy atom. The van der Waals surface area contributed by atoms with E-state index in [0.29, 0.717) is 6.04 Å². The monoisotopic (exact) mass is 256 g/mol. The summed E-state index contributed by atoms with van der Waals surface area (Å²) < 4.78 is 0. The number of aliphatic carboxylic acids is 1. The third-order valence-electron chi connectivity index (χ3n) is 4.19. The molecule has 1 fully saturated rings. The normalized spacial score (nSPS) is 20.2. The van der Waals surface area contributed by atoms with E-state index in [1.807, 2.05) is 7.05 Å². The number of likely N-dealkylation sites (tertiary alicyclic amines) is 1. The highest BCUT2D eigenvalue weighted by molar-refractivity contribution is 5.73. The molecule has 1 aliphatic rings. The number of carboxylic acids is 1. The van der Waals surface area contributed by atoms with E-state index in [0.717, 1.165) is 51.7 Å². The molecule has 0 radical (unpaired) electrons. The molecule has 1 aliphatic heterocycles. The number of likely N-dealkylation sites (N-methyl/N-ethyl adjacent to an activating group) is 1. The van der Waals surface area contributed by atoms with Crippen molar-refractivity contribution in [2.24, 2.45) is 0 Å². The maximum Gasteiger partial charge on any atom is 0.320 e. The van der Waals surface area contributed by atoms with Crippen LogP contribution in [-0.4, -0.2) is 59.6 Å². The van der Waals surface area contributed by atoms with Gasteiger partial charge >= 0.3 is 5.97 Å². The molecule has 1 unspecified atom stereocenters. The summed E-state index contributed by atoms with van der Waals surface area (Å²) in [5.41, 5.74) is 0. The number of piperidine rings is 1. The molecule has 0 aromatic heterocycles. The lowest BCUT2D eigenvalue weighted by molar-refractivity contribution is -0.144. The van der Waals surface area contributed by atoms with Crippen molar-refractivity contribution in [1.29, 1.82) is 0 Å². The third-order valence-corrected chi connectivity index (χ3v) is 4.19. The van der Waals surface area contributed by atoms with Gasteiger partial charge in [-0.2, -0.15) is 0 Å². The number of unbranched alkanes of at least 4 members (excludes halogenated alkanes) is 1. The maximum atomic E-state index is 11.4. The van der Waals surface area contributed by atoms with Crippen molar-refractivity contribution in [1.82, 2.24) is 9.80 Å². The van der Waals surface area contributed by atoms with E-state index in [9.17, 15) is 9.90 Å². The van der Waals surface area contributed by atoms with Crippen LogP contribution in [0.1, 0.15) is 46.0 Å². The number of hydrogen-bond donors (Lipinski definition) is 1. The van der Waals surface area contributed by atoms with E-state index in [-0.39, 0.29) is 6.04 Å². The highest BCUT2D eigenvalue weighted by Crippen LogP contribution is 2.19. The smallest absolute Gasteiger partial charge is 0.320 e. The zero-order valence-electron chi connectivity index (χ0n) is 12.1. The summed E-state index contributed by atoms with van der Waals surface area (Å²) in [5, 5.41) is 9.35. The predicted molar refractivity (Wildman–Crippen MR) is 73.8 cm³/mol. The summed E-state index contributed by atoms with van der Waals surface area (Å²) in [6.07, 6.45) is 5.03. The van der Waals surface area contributed by atoms with Gasteiger partial charge in [-0.25, -0.2) is 0 Å². The van der Waals surface area contributed by atoms with Crippen molar-refractivity contribution in [3.63, 3.8) is 0 Å². The van der Waals surface area contributed by atoms with Crippen molar-refractivity contribution in [3.8, 4) is 0 Å². The molecule has 106 valence electrons. The van der Waals surface area contributed by atoms with Crippen molar-refractivity contribution >= 4 is 5.97 Å². The first kappa shape index (κ1) is 15.4. The van der Waals surface area contributed by atoms with Crippen molar-refractivity contribution in [3.05, 3.63) is 0 Å². The second-order valence-electron chi connectivity index (χ2n) is 5.33. The molecule has 0 aliphatic carbocycles. The van der Waals surface area contributed by atoms with E-state index >= 15 is 0 Å². The van der Waals surface area contributed by atoms with Gasteiger partial charge in [0.2, 0.25) is 0 Å². The minimum atomic E-state index is -0.663. The molecule has 1 atom stereocenters. The third kappa shape index (κ3) is 4.25. The average Bonchev–Trinajstić information content (AvgIpc) is 2.38. The molecule has 0 aromatic rings. The van der Waals surface area contributed by atoms with Crippen LogP contribution in [0.5, 0.6) is 0 Å². The molecule has 0 amide bonds. The van der Waals surface area contributed by atoms with E-state index in [4.69, 9.17) is 0 Å². The van der Waals surface area contributed by atoms with Crippen LogP contribution in [-0.2, 0) is 4.79 Å². The molecule has 0 aromatic carbocycles. The minimum Gasteiger partial charge on any atom is -0.480 e. The summed E-state index contributed by atoms with van der Waals surface area (Å²) in [6.45, 7) is 7.61. The quantitative estimate of drug-likeness (QED) is 0.757. The summed E-state index contributed by atoms with van der Waals surface area (Å²) in [5.74, 6) is -0.663. The van der Waals surface area contributed by atoms with Gasteiger partial charge in [-0.05, 0) is 45.9 Å². The van der Waals surface area contributed by atoms with Crippen LogP contribution in [0.15, 0.2) is 0 Å². The van der Waals surface area contributed by atoms with Gasteiger partial charge in [0.1, 0.15) is 6.04 Å². The Morgan fingerprint density at radius 1 is 1.39 bits per heavy atom. The molecule has 18 heavy (non-hydrogen) atoms. The molecule has 0 bridgehead atoms. The summed E-state index contributed by atoms with van der Waals surface area (Å²) in [7, 11) is 1.99. The molecule has 0 spiro atoms. The Kier molecular flexibility index (Phi) is 6.65. The second-order valence-corrected chi connectivity index (χ2v) is 5.33. The van der Waals surface area contributed by atoms with Crippen molar-refractivity contribution in [2.75, 3.05) is 26.7 Å². The van der Waals surface area contributed by atoms with Crippen LogP contribution < -0.4 is 0 Å². The first-order valence-corrected chi connectivity index (χ1v) is 7.27. The first-order chi connectivity index (χ1) is 8.60. The minimum absolute atomic E-state index is 0.303. The Hall–Kier alpha value is -0.610. The van der Waals surface area contributed by atoms with Crippen LogP contribution in [0.3, 0.4) is 0 Å². The van der Waals surface area contributed by atoms with Gasteiger partial charge in [0.05, 0.1) is 0 Å². The fourth-order valence-corrected chi connectivity index (χ4v) is 2.80. The zero-order valence-corrected chi connectivity index (χ0v) is 12.1. The number of hydrogen-bond acceptors (Lipinski definition) is 3. The van der Waals surface area contributed by atoms with Crippen LogP contribution in [0.2, 0.25) is 0 Å². The maximum absolute atomic E-state index is 11.4. The van der Waals surface area contributed by atoms with Gasteiger partial charge in [-0.3, -0.25) is 9.69 Å². The molecule has 4 heteroatoms. The highest BCUT2D eigenvalue weighted by Gasteiger charge is 2.29. The summed E-state index contributed by atoms with van der Waals surface area (Å²) in [4.78, 5) is 15.9. The number of carbonyl (C=O) groups is 1. The molecule has 4 nitrogen and oxygen atoms in total. The van der Waals surface area contributed by atoms with E-state index in [2.05, 4.69) is 23.6 Å². The van der Waals surface area contributed by atoms with Crippen molar-refractivity contribution < 1.29 is 9.90 Å². The van der Waals surface area contributed by atoms with Gasteiger partial charge in [-0.1, -0.05) is 26.7 Å². The number of carboxylic acid groups (broad SMARTS) is 1. The van der Waals surface area contributed by atoms with Crippen LogP contribution >= 0.6 is 0 Å². The van der Waals surface area contributed by atoms with Gasteiger partial charge < -0.3 is 10.0 Å².